The van der Waals surface area contributed by atoms with E-state index < -0.39 is 5.97 Å². The average Bonchev–Trinajstić information content (AvgIpc) is 2.97. The summed E-state index contributed by atoms with van der Waals surface area (Å²) < 4.78 is 10.2. The topological polar surface area (TPSA) is 80.0 Å². The maximum Gasteiger partial charge on any atom is 0.311 e. The molecule has 1 aromatic rings. The number of carbonyl (C=O) groups excluding carboxylic acids is 1. The maximum atomic E-state index is 12.3. The van der Waals surface area contributed by atoms with Gasteiger partial charge >= 0.3 is 5.97 Å². The number of furan rings is 1. The van der Waals surface area contributed by atoms with Gasteiger partial charge in [0.15, 0.2) is 0 Å². The van der Waals surface area contributed by atoms with Crippen LogP contribution >= 0.6 is 0 Å². The molecule has 6 nitrogen and oxygen atoms in total. The van der Waals surface area contributed by atoms with E-state index in [2.05, 4.69) is 0 Å². The highest BCUT2D eigenvalue weighted by molar-refractivity contribution is 5.96. The Balaban J connectivity index is 2.04. The number of methoxy groups -OCH3 is 1. The van der Waals surface area contributed by atoms with Crippen molar-refractivity contribution in [3.63, 3.8) is 0 Å². The zero-order chi connectivity index (χ0) is 13.8. The van der Waals surface area contributed by atoms with E-state index in [1.54, 1.807) is 12.0 Å². The zero-order valence-corrected chi connectivity index (χ0v) is 10.8. The van der Waals surface area contributed by atoms with Gasteiger partial charge < -0.3 is 19.2 Å². The summed E-state index contributed by atoms with van der Waals surface area (Å²) in [5.41, 5.74) is 0.348. The molecule has 0 aromatic carbocycles. The summed E-state index contributed by atoms with van der Waals surface area (Å²) in [6.45, 7) is 1.95. The van der Waals surface area contributed by atoms with E-state index >= 15 is 0 Å². The van der Waals surface area contributed by atoms with Gasteiger partial charge in [-0.15, -0.1) is 0 Å². The van der Waals surface area contributed by atoms with Crippen molar-refractivity contribution in [1.82, 2.24) is 4.90 Å². The Morgan fingerprint density at radius 1 is 1.58 bits per heavy atom. The first-order valence-electron chi connectivity index (χ1n) is 6.18. The molecule has 1 N–H and O–H groups in total. The molecule has 104 valence electrons. The van der Waals surface area contributed by atoms with Crippen molar-refractivity contribution >= 4 is 11.9 Å². The van der Waals surface area contributed by atoms with Crippen molar-refractivity contribution in [2.24, 2.45) is 5.92 Å². The summed E-state index contributed by atoms with van der Waals surface area (Å²) in [6.07, 6.45) is 1.99. The molecule has 1 saturated heterocycles. The van der Waals surface area contributed by atoms with Crippen LogP contribution in [0.4, 0.5) is 0 Å². The second kappa shape index (κ2) is 5.88. The standard InChI is InChI=1S/C13H17NO5/c1-18-8-9-2-4-14(7-9)13(17)10-3-5-19-11(10)6-12(15)16/h3,5,9H,2,4,6-8H2,1H3,(H,15,16). The highest BCUT2D eigenvalue weighted by Gasteiger charge is 2.29. The summed E-state index contributed by atoms with van der Waals surface area (Å²) >= 11 is 0. The molecular formula is C13H17NO5. The second-order valence-electron chi connectivity index (χ2n) is 4.69. The van der Waals surface area contributed by atoms with Crippen molar-refractivity contribution in [2.45, 2.75) is 12.8 Å². The Hall–Kier alpha value is -1.82. The molecule has 19 heavy (non-hydrogen) atoms. The molecule has 1 fully saturated rings. The molecule has 0 aliphatic carbocycles. The largest absolute Gasteiger partial charge is 0.481 e. The van der Waals surface area contributed by atoms with Gasteiger partial charge in [-0.3, -0.25) is 9.59 Å². The molecule has 1 unspecified atom stereocenters. The third kappa shape index (κ3) is 3.14. The van der Waals surface area contributed by atoms with E-state index in [-0.39, 0.29) is 18.1 Å². The Labute approximate surface area is 110 Å². The number of rotatable bonds is 5. The second-order valence-corrected chi connectivity index (χ2v) is 4.69. The van der Waals surface area contributed by atoms with E-state index in [1.807, 2.05) is 0 Å². The molecule has 1 atom stereocenters. The van der Waals surface area contributed by atoms with Gasteiger partial charge in [-0.25, -0.2) is 0 Å². The quantitative estimate of drug-likeness (QED) is 0.861. The number of carbonyl (C=O) groups is 2. The highest BCUT2D eigenvalue weighted by Crippen LogP contribution is 2.21. The lowest BCUT2D eigenvalue weighted by Gasteiger charge is -2.16. The van der Waals surface area contributed by atoms with Crippen LogP contribution in [0.15, 0.2) is 16.7 Å². The Morgan fingerprint density at radius 3 is 3.05 bits per heavy atom. The highest BCUT2D eigenvalue weighted by atomic mass is 16.5. The minimum absolute atomic E-state index is 0.163. The van der Waals surface area contributed by atoms with Crippen LogP contribution in [-0.2, 0) is 16.0 Å². The van der Waals surface area contributed by atoms with Gasteiger partial charge in [0.05, 0.1) is 18.4 Å². The summed E-state index contributed by atoms with van der Waals surface area (Å²) in [4.78, 5) is 24.7. The molecule has 1 aliphatic heterocycles. The molecule has 6 heteroatoms. The third-order valence-electron chi connectivity index (χ3n) is 3.26. The molecule has 0 saturated carbocycles. The van der Waals surface area contributed by atoms with Gasteiger partial charge in [0, 0.05) is 26.1 Å². The minimum atomic E-state index is -1.01. The fourth-order valence-electron chi connectivity index (χ4n) is 2.36. The molecule has 0 spiro atoms. The van der Waals surface area contributed by atoms with Gasteiger partial charge in [0.1, 0.15) is 12.2 Å². The minimum Gasteiger partial charge on any atom is -0.481 e. The van der Waals surface area contributed by atoms with E-state index in [0.717, 1.165) is 6.42 Å². The molecule has 0 radical (unpaired) electrons. The summed E-state index contributed by atoms with van der Waals surface area (Å²) in [5.74, 6) is -0.609. The van der Waals surface area contributed by atoms with E-state index in [0.29, 0.717) is 31.2 Å². The summed E-state index contributed by atoms with van der Waals surface area (Å²) in [7, 11) is 1.64. The van der Waals surface area contributed by atoms with Crippen molar-refractivity contribution in [1.29, 1.82) is 0 Å². The number of hydrogen-bond donors (Lipinski definition) is 1. The number of amides is 1. The molecule has 1 aliphatic rings. The van der Waals surface area contributed by atoms with Crippen molar-refractivity contribution in [3.05, 3.63) is 23.7 Å². The molecule has 2 heterocycles. The Bertz CT molecular complexity index is 467. The smallest absolute Gasteiger partial charge is 0.311 e. The van der Waals surface area contributed by atoms with E-state index in [1.165, 1.54) is 12.3 Å². The fraction of sp³-hybridized carbons (Fsp3) is 0.538. The number of carboxylic acids is 1. The van der Waals surface area contributed by atoms with Gasteiger partial charge in [0.2, 0.25) is 0 Å². The Morgan fingerprint density at radius 2 is 2.37 bits per heavy atom. The predicted octanol–water partition coefficient (Wildman–Crippen LogP) is 1.02. The maximum absolute atomic E-state index is 12.3. The monoisotopic (exact) mass is 267 g/mol. The predicted molar refractivity (Wildman–Crippen MR) is 65.9 cm³/mol. The van der Waals surface area contributed by atoms with Crippen LogP contribution in [0.2, 0.25) is 0 Å². The van der Waals surface area contributed by atoms with Gasteiger partial charge in [0.25, 0.3) is 5.91 Å². The number of likely N-dealkylation sites (tertiary alicyclic amines) is 1. The van der Waals surface area contributed by atoms with Crippen molar-refractivity contribution < 1.29 is 23.8 Å². The third-order valence-corrected chi connectivity index (χ3v) is 3.26. The zero-order valence-electron chi connectivity index (χ0n) is 10.8. The van der Waals surface area contributed by atoms with E-state index in [9.17, 15) is 9.59 Å². The van der Waals surface area contributed by atoms with Crippen molar-refractivity contribution in [3.8, 4) is 0 Å². The first-order chi connectivity index (χ1) is 9.11. The van der Waals surface area contributed by atoms with Gasteiger partial charge in [-0.05, 0) is 12.5 Å². The van der Waals surface area contributed by atoms with Crippen LogP contribution in [0.5, 0.6) is 0 Å². The normalized spacial score (nSPS) is 18.8. The number of ether oxygens (including phenoxy) is 1. The van der Waals surface area contributed by atoms with Crippen LogP contribution in [-0.4, -0.2) is 48.7 Å². The summed E-state index contributed by atoms with van der Waals surface area (Å²) in [5, 5.41) is 8.77. The van der Waals surface area contributed by atoms with Gasteiger partial charge in [-0.1, -0.05) is 0 Å². The molecule has 1 amide bonds. The average molecular weight is 267 g/mol. The van der Waals surface area contributed by atoms with Crippen molar-refractivity contribution in [2.75, 3.05) is 26.8 Å². The van der Waals surface area contributed by atoms with Crippen LogP contribution in [0, 0.1) is 5.92 Å². The number of carboxylic acid groups (broad SMARTS) is 1. The van der Waals surface area contributed by atoms with Crippen LogP contribution < -0.4 is 0 Å². The molecule has 1 aromatic heterocycles. The first kappa shape index (κ1) is 13.6. The van der Waals surface area contributed by atoms with Gasteiger partial charge in [-0.2, -0.15) is 0 Å². The van der Waals surface area contributed by atoms with E-state index in [4.69, 9.17) is 14.3 Å². The molecular weight excluding hydrogens is 250 g/mol. The van der Waals surface area contributed by atoms with Crippen LogP contribution in [0.3, 0.4) is 0 Å². The van der Waals surface area contributed by atoms with Crippen LogP contribution in [0.1, 0.15) is 22.5 Å². The summed E-state index contributed by atoms with van der Waals surface area (Å²) in [6, 6.07) is 1.53. The van der Waals surface area contributed by atoms with Crippen LogP contribution in [0.25, 0.3) is 0 Å². The Kier molecular flexibility index (Phi) is 4.21. The lowest BCUT2D eigenvalue weighted by atomic mass is 10.1. The number of aliphatic carboxylic acids is 1. The lowest BCUT2D eigenvalue weighted by Crippen LogP contribution is -2.29. The fourth-order valence-corrected chi connectivity index (χ4v) is 2.36. The number of nitrogens with zero attached hydrogens (tertiary/aromatic N) is 1. The number of hydrogen-bond acceptors (Lipinski definition) is 4. The first-order valence-corrected chi connectivity index (χ1v) is 6.18. The molecule has 2 rings (SSSR count). The SMILES string of the molecule is COCC1CCN(C(=O)c2ccoc2CC(=O)O)C1. The lowest BCUT2D eigenvalue weighted by molar-refractivity contribution is -0.136. The molecule has 0 bridgehead atoms.